The lowest BCUT2D eigenvalue weighted by atomic mass is 9.96. The lowest BCUT2D eigenvalue weighted by Gasteiger charge is -2.16. The number of phenols is 1. The van der Waals surface area contributed by atoms with Crippen molar-refractivity contribution in [2.45, 2.75) is 40.5 Å². The maximum Gasteiger partial charge on any atom is 0.339 e. The summed E-state index contributed by atoms with van der Waals surface area (Å²) in [6.07, 6.45) is 1.79. The lowest BCUT2D eigenvalue weighted by Crippen LogP contribution is -2.08. The largest absolute Gasteiger partial charge is 0.504 e. The van der Waals surface area contributed by atoms with E-state index in [4.69, 9.17) is 14.9 Å². The molecule has 0 aliphatic rings. The summed E-state index contributed by atoms with van der Waals surface area (Å²) in [5.74, 6) is -1.49. The van der Waals surface area contributed by atoms with Gasteiger partial charge in [0.1, 0.15) is 5.56 Å². The Hall–Kier alpha value is -1.75. The van der Waals surface area contributed by atoms with Gasteiger partial charge in [0.25, 0.3) is 0 Å². The van der Waals surface area contributed by atoms with E-state index in [0.717, 1.165) is 18.4 Å². The minimum atomic E-state index is -1.18. The van der Waals surface area contributed by atoms with E-state index in [2.05, 4.69) is 0 Å². The van der Waals surface area contributed by atoms with Crippen LogP contribution in [0, 0.1) is 20.8 Å². The van der Waals surface area contributed by atoms with E-state index in [-0.39, 0.29) is 17.1 Å². The third-order valence-corrected chi connectivity index (χ3v) is 3.23. The molecule has 0 atom stereocenters. The molecule has 0 fully saturated rings. The molecule has 1 rings (SSSR count). The van der Waals surface area contributed by atoms with Crippen molar-refractivity contribution in [3.8, 4) is 11.5 Å². The van der Waals surface area contributed by atoms with Gasteiger partial charge in [0, 0.05) is 5.56 Å². The second-order valence-corrected chi connectivity index (χ2v) is 4.49. The fourth-order valence-corrected chi connectivity index (χ4v) is 1.78. The topological polar surface area (TPSA) is 76.0 Å². The number of rotatable bonds is 6. The van der Waals surface area contributed by atoms with Gasteiger partial charge in [-0.2, -0.15) is 4.89 Å². The summed E-state index contributed by atoms with van der Waals surface area (Å²) in [7, 11) is 0. The van der Waals surface area contributed by atoms with Crippen molar-refractivity contribution in [2.75, 3.05) is 6.61 Å². The predicted molar refractivity (Wildman–Crippen MR) is 70.8 cm³/mol. The van der Waals surface area contributed by atoms with Crippen LogP contribution in [0.5, 0.6) is 11.5 Å². The summed E-state index contributed by atoms with van der Waals surface area (Å²) in [6.45, 7) is 7.62. The van der Waals surface area contributed by atoms with E-state index in [9.17, 15) is 9.90 Å². The van der Waals surface area contributed by atoms with E-state index in [1.165, 1.54) is 0 Å². The average Bonchev–Trinajstić information content (AvgIpc) is 2.35. The van der Waals surface area contributed by atoms with Crippen LogP contribution in [0.4, 0.5) is 0 Å². The van der Waals surface area contributed by atoms with Crippen molar-refractivity contribution >= 4 is 5.97 Å². The van der Waals surface area contributed by atoms with Gasteiger partial charge in [-0.1, -0.05) is 13.3 Å². The summed E-state index contributed by atoms with van der Waals surface area (Å²) in [6, 6.07) is 0. The molecule has 0 amide bonds. The van der Waals surface area contributed by atoms with Crippen LogP contribution < -0.4 is 4.89 Å². The zero-order chi connectivity index (χ0) is 14.6. The van der Waals surface area contributed by atoms with Crippen molar-refractivity contribution in [1.82, 2.24) is 0 Å². The van der Waals surface area contributed by atoms with Crippen LogP contribution in [0.25, 0.3) is 0 Å². The molecular formula is C14H20O5. The molecule has 2 N–H and O–H groups in total. The molecular weight excluding hydrogens is 248 g/mol. The number of aromatic carboxylic acids is 1. The van der Waals surface area contributed by atoms with Crippen molar-refractivity contribution in [3.05, 3.63) is 22.3 Å². The van der Waals surface area contributed by atoms with Crippen LogP contribution in [-0.4, -0.2) is 22.8 Å². The van der Waals surface area contributed by atoms with Crippen molar-refractivity contribution in [3.63, 3.8) is 0 Å². The molecule has 106 valence electrons. The highest BCUT2D eigenvalue weighted by Gasteiger charge is 2.23. The van der Waals surface area contributed by atoms with Gasteiger partial charge in [-0.25, -0.2) is 4.79 Å². The summed E-state index contributed by atoms with van der Waals surface area (Å²) >= 11 is 0. The summed E-state index contributed by atoms with van der Waals surface area (Å²) in [5.41, 5.74) is 1.83. The third-order valence-electron chi connectivity index (χ3n) is 3.23. The molecule has 0 radical (unpaired) electrons. The molecule has 0 heterocycles. The van der Waals surface area contributed by atoms with Gasteiger partial charge in [-0.05, 0) is 38.3 Å². The molecule has 5 heteroatoms. The monoisotopic (exact) mass is 268 g/mol. The van der Waals surface area contributed by atoms with Gasteiger partial charge in [0.15, 0.2) is 5.75 Å². The summed E-state index contributed by atoms with van der Waals surface area (Å²) in [4.78, 5) is 21.3. The van der Waals surface area contributed by atoms with E-state index in [1.54, 1.807) is 20.8 Å². The zero-order valence-electron chi connectivity index (χ0n) is 11.7. The van der Waals surface area contributed by atoms with Crippen LogP contribution in [0.2, 0.25) is 0 Å². The molecule has 19 heavy (non-hydrogen) atoms. The van der Waals surface area contributed by atoms with Gasteiger partial charge < -0.3 is 15.1 Å². The van der Waals surface area contributed by atoms with E-state index < -0.39 is 5.97 Å². The number of hydrogen-bond donors (Lipinski definition) is 2. The minimum absolute atomic E-state index is 0.0802. The zero-order valence-corrected chi connectivity index (χ0v) is 11.7. The Balaban J connectivity index is 3.13. The van der Waals surface area contributed by atoms with E-state index >= 15 is 0 Å². The van der Waals surface area contributed by atoms with E-state index in [1.807, 2.05) is 6.92 Å². The fourth-order valence-electron chi connectivity index (χ4n) is 1.78. The molecule has 0 saturated heterocycles. The Kier molecular flexibility index (Phi) is 5.18. The molecule has 0 spiro atoms. The number of carboxylic acids is 1. The Labute approximate surface area is 112 Å². The average molecular weight is 268 g/mol. The lowest BCUT2D eigenvalue weighted by molar-refractivity contribution is -0.208. The van der Waals surface area contributed by atoms with Gasteiger partial charge in [0.2, 0.25) is 5.75 Å². The highest BCUT2D eigenvalue weighted by atomic mass is 17.2. The highest BCUT2D eigenvalue weighted by molar-refractivity contribution is 5.94. The Morgan fingerprint density at radius 2 is 1.79 bits per heavy atom. The molecule has 0 aromatic heterocycles. The first-order chi connectivity index (χ1) is 8.91. The molecule has 0 saturated carbocycles. The van der Waals surface area contributed by atoms with Crippen molar-refractivity contribution in [1.29, 1.82) is 0 Å². The van der Waals surface area contributed by atoms with Crippen LogP contribution in [0.1, 0.15) is 46.8 Å². The van der Waals surface area contributed by atoms with Crippen LogP contribution in [-0.2, 0) is 4.89 Å². The number of unbranched alkanes of at least 4 members (excludes halogenated alkanes) is 1. The number of aromatic hydroxyl groups is 1. The predicted octanol–water partition coefficient (Wildman–Crippen LogP) is 3.13. The number of hydrogen-bond acceptors (Lipinski definition) is 4. The van der Waals surface area contributed by atoms with Crippen molar-refractivity contribution < 1.29 is 24.8 Å². The fraction of sp³-hybridized carbons (Fsp3) is 0.500. The smallest absolute Gasteiger partial charge is 0.339 e. The molecule has 0 bridgehead atoms. The standard InChI is InChI=1S/C14H20O5/c1-5-6-7-18-19-13-10(4)8(2)9(3)11(12(13)15)14(16)17/h15H,5-7H2,1-4H3,(H,16,17). The van der Waals surface area contributed by atoms with Crippen molar-refractivity contribution in [2.24, 2.45) is 0 Å². The first-order valence-electron chi connectivity index (χ1n) is 6.27. The van der Waals surface area contributed by atoms with Crippen LogP contribution >= 0.6 is 0 Å². The minimum Gasteiger partial charge on any atom is -0.504 e. The Morgan fingerprint density at radius 3 is 2.32 bits per heavy atom. The molecule has 1 aromatic rings. The van der Waals surface area contributed by atoms with E-state index in [0.29, 0.717) is 17.7 Å². The maximum atomic E-state index is 11.2. The number of benzene rings is 1. The van der Waals surface area contributed by atoms with Gasteiger partial charge >= 0.3 is 5.97 Å². The maximum absolute atomic E-state index is 11.2. The number of carbonyl (C=O) groups is 1. The SMILES string of the molecule is CCCCOOc1c(C)c(C)c(C)c(C(=O)O)c1O. The summed E-state index contributed by atoms with van der Waals surface area (Å²) < 4.78 is 0. The second-order valence-electron chi connectivity index (χ2n) is 4.49. The Bertz CT molecular complexity index is 479. The van der Waals surface area contributed by atoms with Gasteiger partial charge in [0.05, 0.1) is 6.61 Å². The van der Waals surface area contributed by atoms with Crippen LogP contribution in [0.3, 0.4) is 0 Å². The molecule has 0 aliphatic carbocycles. The highest BCUT2D eigenvalue weighted by Crippen LogP contribution is 2.38. The second kappa shape index (κ2) is 6.43. The molecule has 1 aromatic carbocycles. The molecule has 0 unspecified atom stereocenters. The summed E-state index contributed by atoms with van der Waals surface area (Å²) in [5, 5.41) is 19.2. The normalized spacial score (nSPS) is 10.5. The third kappa shape index (κ3) is 3.17. The quantitative estimate of drug-likeness (QED) is 0.471. The van der Waals surface area contributed by atoms with Crippen LogP contribution in [0.15, 0.2) is 0 Å². The Morgan fingerprint density at radius 1 is 1.16 bits per heavy atom. The number of carboxylic acid groups (broad SMARTS) is 1. The molecule has 5 nitrogen and oxygen atoms in total. The molecule has 0 aliphatic heterocycles. The van der Waals surface area contributed by atoms with Gasteiger partial charge in [-0.15, -0.1) is 0 Å². The van der Waals surface area contributed by atoms with Gasteiger partial charge in [-0.3, -0.25) is 0 Å². The first-order valence-corrected chi connectivity index (χ1v) is 6.27. The first kappa shape index (κ1) is 15.3.